The van der Waals surface area contributed by atoms with E-state index < -0.39 is 0 Å². The fraction of sp³-hybridized carbons (Fsp3) is 0.300. The molecule has 0 radical (unpaired) electrons. The lowest BCUT2D eigenvalue weighted by Crippen LogP contribution is -2.30. The molecule has 0 amide bonds. The van der Waals surface area contributed by atoms with Gasteiger partial charge < -0.3 is 4.48 Å². The Labute approximate surface area is 67.9 Å². The Bertz CT molecular complexity index is 249. The highest BCUT2D eigenvalue weighted by Crippen LogP contribution is 2.27. The summed E-state index contributed by atoms with van der Waals surface area (Å²) in [5.74, 6) is 0. The van der Waals surface area contributed by atoms with Crippen LogP contribution in [0.2, 0.25) is 0 Å². The third kappa shape index (κ3) is 1.12. The first-order valence-electron chi connectivity index (χ1n) is 3.94. The van der Waals surface area contributed by atoms with E-state index in [2.05, 4.69) is 44.9 Å². The van der Waals surface area contributed by atoms with E-state index in [1.807, 2.05) is 0 Å². The molecule has 0 fully saturated rings. The van der Waals surface area contributed by atoms with Crippen molar-refractivity contribution in [3.8, 4) is 0 Å². The summed E-state index contributed by atoms with van der Waals surface area (Å²) < 4.78 is 0.985. The number of nitrogens with zero attached hydrogens (tertiary/aromatic N) is 1. The number of hydrogen-bond acceptors (Lipinski definition) is 0. The van der Waals surface area contributed by atoms with Gasteiger partial charge in [-0.2, -0.15) is 6.07 Å². The second-order valence-electron chi connectivity index (χ2n) is 3.76. The van der Waals surface area contributed by atoms with Crippen LogP contribution in [0.25, 0.3) is 0 Å². The van der Waals surface area contributed by atoms with Gasteiger partial charge in [0.2, 0.25) is 0 Å². The second kappa shape index (κ2) is 2.02. The lowest BCUT2D eigenvalue weighted by molar-refractivity contribution is -0.865. The number of quaternary nitrogens is 1. The van der Waals surface area contributed by atoms with Crippen LogP contribution in [0.5, 0.6) is 0 Å². The predicted molar refractivity (Wildman–Crippen MR) is 45.7 cm³/mol. The zero-order valence-corrected chi connectivity index (χ0v) is 7.04. The van der Waals surface area contributed by atoms with Crippen LogP contribution in [-0.4, -0.2) is 18.6 Å². The van der Waals surface area contributed by atoms with Crippen molar-refractivity contribution in [2.75, 3.05) is 14.1 Å². The third-order valence-electron chi connectivity index (χ3n) is 2.12. The number of hydrogen-bond donors (Lipinski definition) is 0. The summed E-state index contributed by atoms with van der Waals surface area (Å²) in [6.45, 7) is 3.44. The molecule has 1 heterocycles. The number of rotatable bonds is 0. The van der Waals surface area contributed by atoms with Crippen molar-refractivity contribution in [1.82, 2.24) is 0 Å². The number of fused-ring (bicyclic) bond motifs is 1. The molecular weight excluding hydrogens is 134 g/mol. The van der Waals surface area contributed by atoms with Gasteiger partial charge in [-0.15, -0.1) is 17.7 Å². The van der Waals surface area contributed by atoms with Gasteiger partial charge in [-0.1, -0.05) is 11.6 Å². The summed E-state index contributed by atoms with van der Waals surface area (Å²) in [5, 5.41) is 0. The first kappa shape index (κ1) is 6.74. The second-order valence-corrected chi connectivity index (χ2v) is 3.76. The lowest BCUT2D eigenvalue weighted by Gasteiger charge is -2.26. The highest BCUT2D eigenvalue weighted by atomic mass is 15.3. The molecule has 1 aromatic rings. The Balaban J connectivity index is 2.41. The maximum absolute atomic E-state index is 2.30. The van der Waals surface area contributed by atoms with Crippen molar-refractivity contribution in [2.45, 2.75) is 6.54 Å². The fourth-order valence-electron chi connectivity index (χ4n) is 1.67. The van der Waals surface area contributed by atoms with Crippen molar-refractivity contribution in [1.29, 1.82) is 0 Å². The average Bonchev–Trinajstić information content (AvgIpc) is 2.21. The van der Waals surface area contributed by atoms with E-state index in [1.54, 1.807) is 0 Å². The molecule has 0 aliphatic carbocycles. The summed E-state index contributed by atoms with van der Waals surface area (Å²) in [6.07, 6.45) is 0. The monoisotopic (exact) mass is 147 g/mol. The Morgan fingerprint density at radius 1 is 1.27 bits per heavy atom. The molecule has 0 saturated heterocycles. The number of benzene rings is 1. The van der Waals surface area contributed by atoms with Crippen LogP contribution in [0.1, 0.15) is 11.1 Å². The third-order valence-corrected chi connectivity index (χ3v) is 2.12. The molecule has 1 aliphatic rings. The van der Waals surface area contributed by atoms with E-state index in [0.29, 0.717) is 0 Å². The highest BCUT2D eigenvalue weighted by molar-refractivity contribution is 5.33. The van der Waals surface area contributed by atoms with E-state index in [4.69, 9.17) is 0 Å². The predicted octanol–water partition coefficient (Wildman–Crippen LogP) is 1.79. The standard InChI is InChI=1S/C10H13N/c1-11(2)7-9-5-3-4-6-10(9)8-11/h3-7H,8H2,1-2H3. The molecule has 0 saturated carbocycles. The quantitative estimate of drug-likeness (QED) is 0.387. The highest BCUT2D eigenvalue weighted by Gasteiger charge is 2.19. The van der Waals surface area contributed by atoms with Crippen LogP contribution in [0.4, 0.5) is 0 Å². The van der Waals surface area contributed by atoms with Crippen LogP contribution in [0.3, 0.4) is 0 Å². The molecular formula is C10H13N. The van der Waals surface area contributed by atoms with Gasteiger partial charge in [0.25, 0.3) is 0 Å². The van der Waals surface area contributed by atoms with Crippen LogP contribution < -0.4 is 0 Å². The molecule has 0 N–H and O–H groups in total. The molecule has 0 aromatic heterocycles. The van der Waals surface area contributed by atoms with Gasteiger partial charge in [-0.05, 0) is 6.54 Å². The Hall–Kier alpha value is -0.950. The van der Waals surface area contributed by atoms with Gasteiger partial charge in [0, 0.05) is 0 Å². The molecule has 0 spiro atoms. The smallest absolute Gasteiger partial charge is 0.0624 e. The summed E-state index contributed by atoms with van der Waals surface area (Å²) in [5.41, 5.74) is 2.87. The largest absolute Gasteiger partial charge is 0.356 e. The van der Waals surface area contributed by atoms with Crippen molar-refractivity contribution in [3.05, 3.63) is 41.9 Å². The Morgan fingerprint density at radius 3 is 2.73 bits per heavy atom. The molecule has 1 aliphatic heterocycles. The zero-order chi connectivity index (χ0) is 7.90. The Morgan fingerprint density at radius 2 is 2.00 bits per heavy atom. The van der Waals surface area contributed by atoms with Gasteiger partial charge in [0.05, 0.1) is 20.6 Å². The molecule has 1 nitrogen and oxygen atoms in total. The van der Waals surface area contributed by atoms with E-state index in [-0.39, 0.29) is 0 Å². The molecule has 2 rings (SSSR count). The van der Waals surface area contributed by atoms with E-state index in [0.717, 1.165) is 11.0 Å². The molecule has 0 atom stereocenters. The maximum Gasteiger partial charge on any atom is 0.0624 e. The average molecular weight is 147 g/mol. The summed E-state index contributed by atoms with van der Waals surface area (Å²) in [4.78, 5) is 0. The first-order valence-corrected chi connectivity index (χ1v) is 3.94. The van der Waals surface area contributed by atoms with Crippen molar-refractivity contribution >= 4 is 0 Å². The van der Waals surface area contributed by atoms with Crippen LogP contribution in [-0.2, 0) is 6.54 Å². The topological polar surface area (TPSA) is 0 Å². The van der Waals surface area contributed by atoms with Crippen molar-refractivity contribution < 1.29 is 4.48 Å². The zero-order valence-electron chi connectivity index (χ0n) is 7.04. The molecule has 58 valence electrons. The van der Waals surface area contributed by atoms with Crippen molar-refractivity contribution in [2.24, 2.45) is 0 Å². The molecule has 0 unspecified atom stereocenters. The summed E-state index contributed by atoms with van der Waals surface area (Å²) in [6, 6.07) is 8.60. The lowest BCUT2D eigenvalue weighted by atomic mass is 10.1. The van der Waals surface area contributed by atoms with Gasteiger partial charge >= 0.3 is 0 Å². The van der Waals surface area contributed by atoms with Gasteiger partial charge in [-0.25, -0.2) is 0 Å². The fourth-order valence-corrected chi connectivity index (χ4v) is 1.67. The summed E-state index contributed by atoms with van der Waals surface area (Å²) in [7, 11) is 4.44. The maximum atomic E-state index is 2.30. The summed E-state index contributed by atoms with van der Waals surface area (Å²) >= 11 is 0. The van der Waals surface area contributed by atoms with Crippen LogP contribution >= 0.6 is 0 Å². The normalized spacial score (nSPS) is 19.1. The molecule has 11 heavy (non-hydrogen) atoms. The molecule has 1 aromatic carbocycles. The molecule has 0 bridgehead atoms. The van der Waals surface area contributed by atoms with Gasteiger partial charge in [0.15, 0.2) is 0 Å². The minimum Gasteiger partial charge on any atom is -0.356 e. The first-order chi connectivity index (χ1) is 5.17. The van der Waals surface area contributed by atoms with E-state index in [9.17, 15) is 0 Å². The van der Waals surface area contributed by atoms with Gasteiger partial charge in [0.1, 0.15) is 0 Å². The Kier molecular flexibility index (Phi) is 1.24. The van der Waals surface area contributed by atoms with E-state index in [1.165, 1.54) is 11.1 Å². The van der Waals surface area contributed by atoms with Crippen molar-refractivity contribution in [3.63, 3.8) is 0 Å². The van der Waals surface area contributed by atoms with Crippen LogP contribution in [0.15, 0.2) is 24.3 Å². The van der Waals surface area contributed by atoms with Crippen LogP contribution in [0, 0.1) is 6.54 Å². The minimum absolute atomic E-state index is 0.985. The minimum atomic E-state index is 0.985. The SMILES string of the molecule is C[N+]1(C)[CH-]c2ccccc2C1. The van der Waals surface area contributed by atoms with Gasteiger partial charge in [-0.3, -0.25) is 0 Å². The van der Waals surface area contributed by atoms with E-state index >= 15 is 0 Å². The molecule has 1 heteroatoms.